The van der Waals surface area contributed by atoms with Crippen LogP contribution in [0, 0.1) is 0 Å². The highest BCUT2D eigenvalue weighted by molar-refractivity contribution is 5.66. The largest absolute Gasteiger partial charge is 0.508 e. The monoisotopic (exact) mass is 167 g/mol. The Morgan fingerprint density at radius 3 is 2.42 bits per heavy atom. The lowest BCUT2D eigenvalue weighted by molar-refractivity contribution is 0.475. The van der Waals surface area contributed by atoms with Crippen molar-refractivity contribution in [2.75, 3.05) is 6.54 Å². The number of nitrogens with two attached hydrogens (primary N) is 1. The van der Waals surface area contributed by atoms with Crippen LogP contribution in [0.15, 0.2) is 30.6 Å². The first kappa shape index (κ1) is 8.74. The summed E-state index contributed by atoms with van der Waals surface area (Å²) in [7, 11) is 0. The van der Waals surface area contributed by atoms with Gasteiger partial charge in [0.1, 0.15) is 5.75 Å². The number of rotatable bonds is 2. The van der Waals surface area contributed by atoms with Gasteiger partial charge in [0.25, 0.3) is 0 Å². The van der Waals surface area contributed by atoms with E-state index in [1.807, 2.05) is 0 Å². The number of halogens is 1. The number of phenolic OH excluding ortho intramolecular Hbond substituents is 1. The van der Waals surface area contributed by atoms with Crippen molar-refractivity contribution in [3.05, 3.63) is 36.2 Å². The van der Waals surface area contributed by atoms with Crippen molar-refractivity contribution in [3.63, 3.8) is 0 Å². The smallest absolute Gasteiger partial charge is 0.115 e. The van der Waals surface area contributed by atoms with Crippen LogP contribution in [0.5, 0.6) is 5.75 Å². The van der Waals surface area contributed by atoms with E-state index in [0.29, 0.717) is 17.5 Å². The standard InChI is InChI=1S/C9H10FNO/c10-5-8(6-11)7-1-3-9(12)4-2-7/h1-5,12H,6,11H2/b8-5-. The molecular weight excluding hydrogens is 157 g/mol. The van der Waals surface area contributed by atoms with Gasteiger partial charge >= 0.3 is 0 Å². The van der Waals surface area contributed by atoms with Crippen LogP contribution < -0.4 is 5.73 Å². The minimum absolute atomic E-state index is 0.154. The van der Waals surface area contributed by atoms with Gasteiger partial charge < -0.3 is 10.8 Å². The first-order valence-corrected chi connectivity index (χ1v) is 3.56. The number of hydrogen-bond donors (Lipinski definition) is 2. The van der Waals surface area contributed by atoms with Gasteiger partial charge in [0.2, 0.25) is 0 Å². The summed E-state index contributed by atoms with van der Waals surface area (Å²) in [5, 5.41) is 8.94. The lowest BCUT2D eigenvalue weighted by Gasteiger charge is -2.01. The maximum atomic E-state index is 12.1. The summed E-state index contributed by atoms with van der Waals surface area (Å²) < 4.78 is 12.1. The number of benzene rings is 1. The molecule has 64 valence electrons. The second-order valence-electron chi connectivity index (χ2n) is 2.39. The van der Waals surface area contributed by atoms with Crippen molar-refractivity contribution < 1.29 is 9.50 Å². The molecule has 12 heavy (non-hydrogen) atoms. The normalized spacial score (nSPS) is 11.7. The highest BCUT2D eigenvalue weighted by Crippen LogP contribution is 2.16. The summed E-state index contributed by atoms with van der Waals surface area (Å²) in [4.78, 5) is 0. The van der Waals surface area contributed by atoms with E-state index in [1.165, 1.54) is 12.1 Å². The minimum Gasteiger partial charge on any atom is -0.508 e. The summed E-state index contributed by atoms with van der Waals surface area (Å²) in [6, 6.07) is 6.23. The van der Waals surface area contributed by atoms with Crippen LogP contribution in [0.25, 0.3) is 5.57 Å². The third kappa shape index (κ3) is 1.83. The lowest BCUT2D eigenvalue weighted by atomic mass is 10.1. The first-order valence-electron chi connectivity index (χ1n) is 3.56. The van der Waals surface area contributed by atoms with Crippen molar-refractivity contribution in [2.24, 2.45) is 5.73 Å². The predicted octanol–water partition coefficient (Wildman–Crippen LogP) is 1.66. The van der Waals surface area contributed by atoms with E-state index >= 15 is 0 Å². The summed E-state index contributed by atoms with van der Waals surface area (Å²) in [5.74, 6) is 0.161. The zero-order chi connectivity index (χ0) is 8.97. The molecule has 0 bridgehead atoms. The molecule has 1 aromatic rings. The van der Waals surface area contributed by atoms with E-state index in [-0.39, 0.29) is 12.3 Å². The van der Waals surface area contributed by atoms with Crippen molar-refractivity contribution in [1.82, 2.24) is 0 Å². The van der Waals surface area contributed by atoms with Crippen molar-refractivity contribution in [3.8, 4) is 5.75 Å². The van der Waals surface area contributed by atoms with Crippen molar-refractivity contribution >= 4 is 5.57 Å². The Bertz CT molecular complexity index is 279. The van der Waals surface area contributed by atoms with Gasteiger partial charge in [0.15, 0.2) is 0 Å². The van der Waals surface area contributed by atoms with Crippen LogP contribution in [0.2, 0.25) is 0 Å². The molecule has 0 aromatic heterocycles. The average Bonchev–Trinajstić information content (AvgIpc) is 2.10. The fourth-order valence-electron chi connectivity index (χ4n) is 0.901. The molecule has 2 nitrogen and oxygen atoms in total. The summed E-state index contributed by atoms with van der Waals surface area (Å²) in [6.07, 6.45) is 0.479. The molecule has 1 rings (SSSR count). The second kappa shape index (κ2) is 3.88. The first-order chi connectivity index (χ1) is 5.77. The minimum atomic E-state index is 0.154. The molecule has 0 aliphatic heterocycles. The third-order valence-corrected chi connectivity index (χ3v) is 1.59. The van der Waals surface area contributed by atoms with Crippen LogP contribution in [-0.4, -0.2) is 11.7 Å². The summed E-state index contributed by atoms with van der Waals surface area (Å²) >= 11 is 0. The van der Waals surface area contributed by atoms with Gasteiger partial charge in [-0.3, -0.25) is 0 Å². The third-order valence-electron chi connectivity index (χ3n) is 1.59. The van der Waals surface area contributed by atoms with E-state index in [1.54, 1.807) is 12.1 Å². The highest BCUT2D eigenvalue weighted by Gasteiger charge is 1.98. The topological polar surface area (TPSA) is 46.2 Å². The van der Waals surface area contributed by atoms with Gasteiger partial charge in [-0.1, -0.05) is 12.1 Å². The molecule has 0 fully saturated rings. The fraction of sp³-hybridized carbons (Fsp3) is 0.111. The maximum absolute atomic E-state index is 12.1. The number of phenols is 1. The molecule has 0 aliphatic rings. The van der Waals surface area contributed by atoms with Crippen LogP contribution in [-0.2, 0) is 0 Å². The Labute approximate surface area is 70.1 Å². The van der Waals surface area contributed by atoms with Crippen LogP contribution >= 0.6 is 0 Å². The molecule has 1 aromatic carbocycles. The Hall–Kier alpha value is -1.35. The van der Waals surface area contributed by atoms with Crippen LogP contribution in [0.4, 0.5) is 4.39 Å². The predicted molar refractivity (Wildman–Crippen MR) is 46.2 cm³/mol. The van der Waals surface area contributed by atoms with E-state index in [0.717, 1.165) is 0 Å². The number of hydrogen-bond acceptors (Lipinski definition) is 2. The van der Waals surface area contributed by atoms with Crippen molar-refractivity contribution in [1.29, 1.82) is 0 Å². The Balaban J connectivity index is 2.96. The molecule has 0 saturated heterocycles. The van der Waals surface area contributed by atoms with Crippen LogP contribution in [0.1, 0.15) is 5.56 Å². The lowest BCUT2D eigenvalue weighted by Crippen LogP contribution is -2.01. The van der Waals surface area contributed by atoms with E-state index < -0.39 is 0 Å². The average molecular weight is 167 g/mol. The van der Waals surface area contributed by atoms with Crippen LogP contribution in [0.3, 0.4) is 0 Å². The number of aromatic hydroxyl groups is 1. The zero-order valence-corrected chi connectivity index (χ0v) is 6.50. The molecule has 0 aliphatic carbocycles. The van der Waals surface area contributed by atoms with E-state index in [2.05, 4.69) is 0 Å². The van der Waals surface area contributed by atoms with Gasteiger partial charge in [-0.2, -0.15) is 0 Å². The summed E-state index contributed by atoms with van der Waals surface area (Å²) in [5.41, 5.74) is 6.40. The Morgan fingerprint density at radius 2 is 2.00 bits per heavy atom. The maximum Gasteiger partial charge on any atom is 0.115 e. The molecule has 0 spiro atoms. The van der Waals surface area contributed by atoms with Gasteiger partial charge in [-0.05, 0) is 17.7 Å². The molecule has 0 saturated carbocycles. The second-order valence-corrected chi connectivity index (χ2v) is 2.39. The molecule has 3 heteroatoms. The van der Waals surface area contributed by atoms with E-state index in [9.17, 15) is 4.39 Å². The molecule has 0 heterocycles. The molecular formula is C9H10FNO. The Kier molecular flexibility index (Phi) is 2.82. The van der Waals surface area contributed by atoms with Gasteiger partial charge in [0, 0.05) is 12.1 Å². The molecule has 0 amide bonds. The highest BCUT2D eigenvalue weighted by atomic mass is 19.1. The quantitative estimate of drug-likeness (QED) is 0.703. The zero-order valence-electron chi connectivity index (χ0n) is 6.50. The van der Waals surface area contributed by atoms with Gasteiger partial charge in [0.05, 0.1) is 6.33 Å². The molecule has 3 N–H and O–H groups in total. The Morgan fingerprint density at radius 1 is 1.42 bits per heavy atom. The van der Waals surface area contributed by atoms with Gasteiger partial charge in [-0.25, -0.2) is 4.39 Å². The molecule has 0 radical (unpaired) electrons. The van der Waals surface area contributed by atoms with Gasteiger partial charge in [-0.15, -0.1) is 0 Å². The SMILES string of the molecule is NC/C(=C/F)c1ccc(O)cc1. The van der Waals surface area contributed by atoms with Crippen molar-refractivity contribution in [2.45, 2.75) is 0 Å². The fourth-order valence-corrected chi connectivity index (χ4v) is 0.901. The molecule has 0 unspecified atom stereocenters. The summed E-state index contributed by atoms with van der Waals surface area (Å²) in [6.45, 7) is 0.154. The van der Waals surface area contributed by atoms with E-state index in [4.69, 9.17) is 10.8 Å². The molecule has 0 atom stereocenters.